The number of nitrogens with one attached hydrogen (secondary N) is 1. The second kappa shape index (κ2) is 7.97. The van der Waals surface area contributed by atoms with E-state index in [2.05, 4.69) is 9.72 Å². The van der Waals surface area contributed by atoms with Crippen LogP contribution in [-0.2, 0) is 16.2 Å². The smallest absolute Gasteiger partial charge is 0.406 e. The van der Waals surface area contributed by atoms with Crippen LogP contribution in [0.5, 0.6) is 5.75 Å². The van der Waals surface area contributed by atoms with E-state index in [-0.39, 0.29) is 27.6 Å². The van der Waals surface area contributed by atoms with Crippen LogP contribution in [0.15, 0.2) is 48.7 Å². The number of benzene rings is 2. The van der Waals surface area contributed by atoms with Gasteiger partial charge in [0.15, 0.2) is 0 Å². The summed E-state index contributed by atoms with van der Waals surface area (Å²) >= 11 is 0. The maximum absolute atomic E-state index is 12.8. The minimum absolute atomic E-state index is 0.00513. The van der Waals surface area contributed by atoms with Crippen LogP contribution in [0, 0.1) is 0 Å². The number of carbonyl (C=O) groups excluding carboxylic acids is 1. The van der Waals surface area contributed by atoms with Gasteiger partial charge in [-0.15, -0.1) is 13.2 Å². The summed E-state index contributed by atoms with van der Waals surface area (Å²) in [6, 6.07) is 6.57. The zero-order valence-electron chi connectivity index (χ0n) is 15.9. The molecule has 0 aliphatic heterocycles. The first-order chi connectivity index (χ1) is 14.6. The molecule has 0 unspecified atom stereocenters. The number of carbonyl (C=O) groups is 1. The minimum Gasteiger partial charge on any atom is -0.406 e. The number of sulfonamides is 1. The quantitative estimate of drug-likeness (QED) is 0.558. The Morgan fingerprint density at radius 2 is 1.62 bits per heavy atom. The molecule has 0 saturated heterocycles. The molecule has 13 heteroatoms. The van der Waals surface area contributed by atoms with Crippen molar-refractivity contribution in [3.63, 3.8) is 0 Å². The van der Waals surface area contributed by atoms with Gasteiger partial charge in [0.25, 0.3) is 5.91 Å². The van der Waals surface area contributed by atoms with E-state index in [1.807, 2.05) is 0 Å². The van der Waals surface area contributed by atoms with E-state index in [4.69, 9.17) is 0 Å². The number of hydrogen-bond acceptors (Lipinski definition) is 5. The fraction of sp³-hybridized carbons (Fsp3) is 0.158. The van der Waals surface area contributed by atoms with E-state index >= 15 is 0 Å². The molecule has 0 fully saturated rings. The van der Waals surface area contributed by atoms with E-state index in [0.717, 1.165) is 54.9 Å². The maximum atomic E-state index is 12.8. The highest BCUT2D eigenvalue weighted by Gasteiger charge is 2.32. The molecule has 0 aliphatic carbocycles. The monoisotopic (exact) mass is 478 g/mol. The first kappa shape index (κ1) is 23.3. The fourth-order valence-corrected chi connectivity index (χ4v) is 3.28. The van der Waals surface area contributed by atoms with Crippen LogP contribution in [0.4, 0.5) is 26.3 Å². The number of halogens is 6. The van der Waals surface area contributed by atoms with Gasteiger partial charge in [0.1, 0.15) is 5.75 Å². The van der Waals surface area contributed by atoms with Gasteiger partial charge in [0.05, 0.1) is 22.9 Å². The molecule has 2 aromatic carbocycles. The first-order valence-electron chi connectivity index (χ1n) is 8.52. The van der Waals surface area contributed by atoms with Crippen molar-refractivity contribution in [1.82, 2.24) is 9.71 Å². The van der Waals surface area contributed by atoms with Gasteiger partial charge < -0.3 is 4.74 Å². The number of ether oxygens (including phenoxy) is 1. The van der Waals surface area contributed by atoms with E-state index in [1.54, 1.807) is 4.72 Å². The predicted molar refractivity (Wildman–Crippen MR) is 101 cm³/mol. The van der Waals surface area contributed by atoms with Crippen molar-refractivity contribution in [2.45, 2.75) is 12.5 Å². The Morgan fingerprint density at radius 1 is 1.00 bits per heavy atom. The molecule has 0 spiro atoms. The average Bonchev–Trinajstić information content (AvgIpc) is 2.63. The Labute approximate surface area is 176 Å². The van der Waals surface area contributed by atoms with Crippen molar-refractivity contribution in [1.29, 1.82) is 0 Å². The summed E-state index contributed by atoms with van der Waals surface area (Å²) in [6.07, 6.45) is -7.95. The number of hydrogen-bond donors (Lipinski definition) is 1. The van der Waals surface area contributed by atoms with Crippen molar-refractivity contribution in [2.75, 3.05) is 6.26 Å². The SMILES string of the molecule is CS(=O)(=O)NC(=O)c1cnc2c(-c3ccc(C(F)(F)F)cc3)cc(OC(F)(F)F)cc2c1. The van der Waals surface area contributed by atoms with Crippen molar-refractivity contribution < 1.29 is 44.3 Å². The molecule has 3 rings (SSSR count). The Bertz CT molecular complexity index is 1290. The van der Waals surface area contributed by atoms with Crippen molar-refractivity contribution in [3.05, 3.63) is 59.8 Å². The lowest BCUT2D eigenvalue weighted by Crippen LogP contribution is -2.29. The molecule has 170 valence electrons. The molecule has 32 heavy (non-hydrogen) atoms. The lowest BCUT2D eigenvalue weighted by atomic mass is 9.99. The van der Waals surface area contributed by atoms with Gasteiger partial charge in [0.2, 0.25) is 10.0 Å². The molecule has 6 nitrogen and oxygen atoms in total. The molecule has 1 heterocycles. The Hall–Kier alpha value is -3.35. The molecule has 1 aromatic heterocycles. The topological polar surface area (TPSA) is 85.4 Å². The van der Waals surface area contributed by atoms with E-state index < -0.39 is 39.8 Å². The summed E-state index contributed by atoms with van der Waals surface area (Å²) in [5, 5.41) is -0.0391. The minimum atomic E-state index is -5.07. The molecule has 0 radical (unpaired) electrons. The summed E-state index contributed by atoms with van der Waals surface area (Å²) in [4.78, 5) is 16.1. The molecule has 1 N–H and O–H groups in total. The lowest BCUT2D eigenvalue weighted by Gasteiger charge is -2.14. The van der Waals surface area contributed by atoms with Crippen LogP contribution in [0.3, 0.4) is 0 Å². The van der Waals surface area contributed by atoms with Crippen LogP contribution >= 0.6 is 0 Å². The highest BCUT2D eigenvalue weighted by atomic mass is 32.2. The third kappa shape index (κ3) is 5.66. The van der Waals surface area contributed by atoms with Gasteiger partial charge >= 0.3 is 12.5 Å². The number of amides is 1. The Balaban J connectivity index is 2.16. The molecule has 0 saturated carbocycles. The summed E-state index contributed by atoms with van der Waals surface area (Å²) in [5.74, 6) is -1.78. The highest BCUT2D eigenvalue weighted by molar-refractivity contribution is 7.89. The Morgan fingerprint density at radius 3 is 2.16 bits per heavy atom. The normalized spacial score (nSPS) is 12.6. The van der Waals surface area contributed by atoms with E-state index in [0.29, 0.717) is 0 Å². The first-order valence-corrected chi connectivity index (χ1v) is 10.4. The number of nitrogens with zero attached hydrogens (tertiary/aromatic N) is 1. The molecule has 3 aromatic rings. The van der Waals surface area contributed by atoms with E-state index in [9.17, 15) is 39.6 Å². The molecule has 1 amide bonds. The molecule has 0 bridgehead atoms. The second-order valence-corrected chi connectivity index (χ2v) is 8.34. The number of pyridine rings is 1. The molecular formula is C19H12F6N2O4S. The lowest BCUT2D eigenvalue weighted by molar-refractivity contribution is -0.274. The van der Waals surface area contributed by atoms with Crippen molar-refractivity contribution in [3.8, 4) is 16.9 Å². The zero-order chi connectivity index (χ0) is 23.9. The molecular weight excluding hydrogens is 466 g/mol. The predicted octanol–water partition coefficient (Wildman–Crippen LogP) is 4.51. The molecule has 0 atom stereocenters. The summed E-state index contributed by atoms with van der Waals surface area (Å²) in [5.41, 5.74) is -1.07. The van der Waals surface area contributed by atoms with Crippen LogP contribution < -0.4 is 9.46 Å². The van der Waals surface area contributed by atoms with Gasteiger partial charge in [-0.05, 0) is 35.9 Å². The van der Waals surface area contributed by atoms with Gasteiger partial charge in [-0.2, -0.15) is 13.2 Å². The van der Waals surface area contributed by atoms with Gasteiger partial charge in [-0.25, -0.2) is 13.1 Å². The van der Waals surface area contributed by atoms with Gasteiger partial charge in [0, 0.05) is 17.1 Å². The van der Waals surface area contributed by atoms with Gasteiger partial charge in [-0.1, -0.05) is 12.1 Å². The zero-order valence-corrected chi connectivity index (χ0v) is 16.7. The number of fused-ring (bicyclic) bond motifs is 1. The standard InChI is InChI=1S/C19H12F6N2O4S/c1-32(29,30)27-17(28)12-6-11-7-14(31-19(23,24)25)8-15(16(11)26-9-12)10-2-4-13(5-3-10)18(20,21)22/h2-9H,1H3,(H,27,28). The van der Waals surface area contributed by atoms with Gasteiger partial charge in [-0.3, -0.25) is 9.78 Å². The third-order valence-corrected chi connectivity index (χ3v) is 4.61. The third-order valence-electron chi connectivity index (χ3n) is 4.05. The van der Waals surface area contributed by atoms with Crippen LogP contribution in [0.25, 0.3) is 22.0 Å². The number of aromatic nitrogens is 1. The number of alkyl halides is 6. The summed E-state index contributed by atoms with van der Waals surface area (Å²) < 4.78 is 105. The average molecular weight is 478 g/mol. The van der Waals surface area contributed by atoms with Crippen LogP contribution in [0.2, 0.25) is 0 Å². The highest BCUT2D eigenvalue weighted by Crippen LogP contribution is 2.36. The van der Waals surface area contributed by atoms with Crippen molar-refractivity contribution in [2.24, 2.45) is 0 Å². The number of rotatable bonds is 4. The summed E-state index contributed by atoms with van der Waals surface area (Å²) in [6.45, 7) is 0. The van der Waals surface area contributed by atoms with Crippen LogP contribution in [0.1, 0.15) is 15.9 Å². The fourth-order valence-electron chi connectivity index (χ4n) is 2.83. The largest absolute Gasteiger partial charge is 0.573 e. The Kier molecular flexibility index (Phi) is 5.80. The molecule has 0 aliphatic rings. The second-order valence-electron chi connectivity index (χ2n) is 6.59. The summed E-state index contributed by atoms with van der Waals surface area (Å²) in [7, 11) is -3.92. The van der Waals surface area contributed by atoms with Crippen molar-refractivity contribution >= 4 is 26.8 Å². The maximum Gasteiger partial charge on any atom is 0.573 e. The van der Waals surface area contributed by atoms with Crippen LogP contribution in [-0.4, -0.2) is 31.9 Å². The van der Waals surface area contributed by atoms with E-state index in [1.165, 1.54) is 0 Å².